The van der Waals surface area contributed by atoms with Gasteiger partial charge in [-0.15, -0.1) is 0 Å². The van der Waals surface area contributed by atoms with Crippen LogP contribution in [0.1, 0.15) is 13.3 Å². The van der Waals surface area contributed by atoms with Gasteiger partial charge in [-0.2, -0.15) is 0 Å². The zero-order valence-corrected chi connectivity index (χ0v) is 11.7. The molecule has 0 saturated heterocycles. The Morgan fingerprint density at radius 2 is 1.26 bits per heavy atom. The second kappa shape index (κ2) is 8.11. The van der Waals surface area contributed by atoms with Crippen LogP contribution in [0.2, 0.25) is 0 Å². The second-order valence-corrected chi connectivity index (χ2v) is 5.33. The fourth-order valence-corrected chi connectivity index (χ4v) is 2.50. The molecule has 7 nitrogen and oxygen atoms in total. The third kappa shape index (κ3) is 4.35. The summed E-state index contributed by atoms with van der Waals surface area (Å²) in [5.74, 6) is 0. The van der Waals surface area contributed by atoms with Crippen molar-refractivity contribution >= 4 is 0 Å². The maximum Gasteiger partial charge on any atom is 0.145 e. The zero-order valence-electron chi connectivity index (χ0n) is 11.7. The number of aliphatic hydroxyl groups excluding tert-OH is 6. The molecular weight excluding hydrogens is 254 g/mol. The minimum absolute atomic E-state index is 0.0417. The van der Waals surface area contributed by atoms with Gasteiger partial charge in [-0.05, 0) is 0 Å². The lowest BCUT2D eigenvalue weighted by molar-refractivity contribution is -0.965. The van der Waals surface area contributed by atoms with Crippen molar-refractivity contribution in [2.45, 2.75) is 31.1 Å². The summed E-state index contributed by atoms with van der Waals surface area (Å²) in [4.78, 5) is 0. The average molecular weight is 282 g/mol. The molecule has 0 aromatic heterocycles. The molecule has 0 aliphatic rings. The molecule has 2 unspecified atom stereocenters. The highest BCUT2D eigenvalue weighted by Gasteiger charge is 2.48. The summed E-state index contributed by atoms with van der Waals surface area (Å²) in [5.41, 5.74) is -0.952. The largest absolute Gasteiger partial charge is 0.393 e. The van der Waals surface area contributed by atoms with Crippen LogP contribution in [0, 0.1) is 0 Å². The normalized spacial score (nSPS) is 18.9. The second-order valence-electron chi connectivity index (χ2n) is 5.33. The summed E-state index contributed by atoms with van der Waals surface area (Å²) in [5, 5.41) is 56.5. The van der Waals surface area contributed by atoms with Gasteiger partial charge < -0.3 is 35.1 Å². The number of nitrogens with zero attached hydrogens (tertiary/aromatic N) is 1. The summed E-state index contributed by atoms with van der Waals surface area (Å²) >= 11 is 0. The van der Waals surface area contributed by atoms with Crippen LogP contribution in [-0.2, 0) is 0 Å². The first-order chi connectivity index (χ1) is 8.84. The van der Waals surface area contributed by atoms with Crippen molar-refractivity contribution in [1.29, 1.82) is 0 Å². The Morgan fingerprint density at radius 1 is 0.895 bits per heavy atom. The molecule has 0 saturated carbocycles. The van der Waals surface area contributed by atoms with Gasteiger partial charge in [0, 0.05) is 6.42 Å². The molecule has 0 heterocycles. The standard InChI is InChI=1S/C12H28NO6/c1-3-12(8-16,9-17)13(2,4-10(18)6-14)5-11(19)7-15/h10-11,14-19H,3-9H2,1-2H3/q+1. The molecule has 0 bridgehead atoms. The van der Waals surface area contributed by atoms with E-state index in [1.165, 1.54) is 0 Å². The van der Waals surface area contributed by atoms with E-state index in [-0.39, 0.29) is 30.8 Å². The molecule has 0 amide bonds. The highest BCUT2D eigenvalue weighted by Crippen LogP contribution is 2.27. The highest BCUT2D eigenvalue weighted by atomic mass is 16.3. The Bertz CT molecular complexity index is 226. The maximum absolute atomic E-state index is 9.66. The van der Waals surface area contributed by atoms with E-state index in [1.54, 1.807) is 14.0 Å². The van der Waals surface area contributed by atoms with Crippen molar-refractivity contribution in [3.8, 4) is 0 Å². The van der Waals surface area contributed by atoms with E-state index < -0.39 is 31.0 Å². The summed E-state index contributed by atoms with van der Waals surface area (Å²) in [7, 11) is 1.67. The lowest BCUT2D eigenvalue weighted by Gasteiger charge is -2.50. The van der Waals surface area contributed by atoms with Gasteiger partial charge in [0.15, 0.2) is 0 Å². The number of quaternary nitrogens is 1. The molecule has 0 radical (unpaired) electrons. The molecule has 0 aromatic rings. The molecule has 2 atom stereocenters. The van der Waals surface area contributed by atoms with Crippen molar-refractivity contribution in [2.75, 3.05) is 46.6 Å². The van der Waals surface area contributed by atoms with E-state index in [2.05, 4.69) is 0 Å². The highest BCUT2D eigenvalue weighted by molar-refractivity contribution is 4.80. The summed E-state index contributed by atoms with van der Waals surface area (Å²) in [6.07, 6.45) is -1.63. The number of hydrogen-bond donors (Lipinski definition) is 6. The minimum atomic E-state index is -1.03. The van der Waals surface area contributed by atoms with Crippen molar-refractivity contribution in [2.24, 2.45) is 0 Å². The van der Waals surface area contributed by atoms with Gasteiger partial charge in [-0.3, -0.25) is 0 Å². The minimum Gasteiger partial charge on any atom is -0.393 e. The summed E-state index contributed by atoms with van der Waals surface area (Å²) < 4.78 is -0.0417. The monoisotopic (exact) mass is 282 g/mol. The predicted octanol–water partition coefficient (Wildman–Crippen LogP) is -2.73. The number of rotatable bonds is 10. The van der Waals surface area contributed by atoms with Crippen molar-refractivity contribution in [3.05, 3.63) is 0 Å². The Balaban J connectivity index is 5.32. The molecule has 0 spiro atoms. The lowest BCUT2D eigenvalue weighted by atomic mass is 9.91. The Labute approximate surface area is 113 Å². The van der Waals surface area contributed by atoms with E-state index in [1.807, 2.05) is 0 Å². The van der Waals surface area contributed by atoms with Crippen LogP contribution in [0.3, 0.4) is 0 Å². The van der Waals surface area contributed by atoms with Gasteiger partial charge in [-0.25, -0.2) is 0 Å². The van der Waals surface area contributed by atoms with Crippen LogP contribution >= 0.6 is 0 Å². The average Bonchev–Trinajstić information content (AvgIpc) is 2.40. The lowest BCUT2D eigenvalue weighted by Crippen LogP contribution is -2.70. The van der Waals surface area contributed by atoms with Gasteiger partial charge in [-0.1, -0.05) is 6.92 Å². The van der Waals surface area contributed by atoms with Crippen LogP contribution < -0.4 is 0 Å². The topological polar surface area (TPSA) is 121 Å². The molecule has 7 heteroatoms. The maximum atomic E-state index is 9.66. The molecular formula is C12H28NO6+. The first-order valence-corrected chi connectivity index (χ1v) is 6.49. The Hall–Kier alpha value is -0.280. The Kier molecular flexibility index (Phi) is 7.99. The van der Waals surface area contributed by atoms with Gasteiger partial charge in [0.1, 0.15) is 44.1 Å². The summed E-state index contributed by atoms with van der Waals surface area (Å²) in [6.45, 7) is 0.365. The molecule has 6 N–H and O–H groups in total. The van der Waals surface area contributed by atoms with Gasteiger partial charge in [0.05, 0.1) is 20.3 Å². The van der Waals surface area contributed by atoms with Crippen molar-refractivity contribution in [3.63, 3.8) is 0 Å². The van der Waals surface area contributed by atoms with Crippen LogP contribution in [0.25, 0.3) is 0 Å². The molecule has 0 aromatic carbocycles. The number of aliphatic hydroxyl groups is 6. The van der Waals surface area contributed by atoms with Crippen molar-refractivity contribution in [1.82, 2.24) is 0 Å². The molecule has 116 valence electrons. The van der Waals surface area contributed by atoms with Crippen molar-refractivity contribution < 1.29 is 35.1 Å². The summed E-state index contributed by atoms with van der Waals surface area (Å²) in [6, 6.07) is 0. The van der Waals surface area contributed by atoms with E-state index in [0.29, 0.717) is 6.42 Å². The van der Waals surface area contributed by atoms with E-state index in [4.69, 9.17) is 10.2 Å². The van der Waals surface area contributed by atoms with Gasteiger partial charge >= 0.3 is 0 Å². The van der Waals surface area contributed by atoms with Crippen LogP contribution in [0.4, 0.5) is 0 Å². The number of hydrogen-bond acceptors (Lipinski definition) is 6. The quantitative estimate of drug-likeness (QED) is 0.242. The number of likely N-dealkylation sites (N-methyl/N-ethyl adjacent to an activating group) is 1. The van der Waals surface area contributed by atoms with E-state index in [0.717, 1.165) is 0 Å². The van der Waals surface area contributed by atoms with Gasteiger partial charge in [0.2, 0.25) is 0 Å². The van der Waals surface area contributed by atoms with Crippen LogP contribution in [0.5, 0.6) is 0 Å². The molecule has 0 aliphatic heterocycles. The Morgan fingerprint density at radius 3 is 1.47 bits per heavy atom. The molecule has 19 heavy (non-hydrogen) atoms. The fourth-order valence-electron chi connectivity index (χ4n) is 2.50. The van der Waals surface area contributed by atoms with Gasteiger partial charge in [0.25, 0.3) is 0 Å². The molecule has 0 aliphatic carbocycles. The first kappa shape index (κ1) is 18.7. The SMILES string of the molecule is CCC(CO)(CO)[N+](C)(CC(O)CO)CC(O)CO. The predicted molar refractivity (Wildman–Crippen MR) is 69.3 cm³/mol. The molecule has 0 rings (SSSR count). The third-order valence-corrected chi connectivity index (χ3v) is 4.04. The van der Waals surface area contributed by atoms with Crippen LogP contribution in [0.15, 0.2) is 0 Å². The third-order valence-electron chi connectivity index (χ3n) is 4.04. The van der Waals surface area contributed by atoms with Crippen LogP contribution in [-0.4, -0.2) is 99.4 Å². The van der Waals surface area contributed by atoms with E-state index >= 15 is 0 Å². The van der Waals surface area contributed by atoms with E-state index in [9.17, 15) is 20.4 Å². The molecule has 0 fully saturated rings. The zero-order chi connectivity index (χ0) is 15.1. The fraction of sp³-hybridized carbons (Fsp3) is 1.00. The smallest absolute Gasteiger partial charge is 0.145 e. The first-order valence-electron chi connectivity index (χ1n) is 6.49.